The molecule has 0 bridgehead atoms. The van der Waals surface area contributed by atoms with Crippen molar-refractivity contribution < 1.29 is 9.53 Å². The molecule has 4 nitrogen and oxygen atoms in total. The Bertz CT molecular complexity index is 507. The number of nitrogens with two attached hydrogens (primary N) is 1. The van der Waals surface area contributed by atoms with Gasteiger partial charge in [-0.15, -0.1) is 11.3 Å². The summed E-state index contributed by atoms with van der Waals surface area (Å²) in [5.74, 6) is -0.374. The predicted octanol–water partition coefficient (Wildman–Crippen LogP) is 2.06. The molecule has 2 N–H and O–H groups in total. The van der Waals surface area contributed by atoms with Crippen molar-refractivity contribution in [3.05, 3.63) is 23.2 Å². The number of hydrogen-bond donors (Lipinski definition) is 1. The maximum atomic E-state index is 11.6. The van der Waals surface area contributed by atoms with Gasteiger partial charge in [0.1, 0.15) is 0 Å². The van der Waals surface area contributed by atoms with Gasteiger partial charge in [0.05, 0.1) is 27.9 Å². The van der Waals surface area contributed by atoms with Crippen LogP contribution in [0.5, 0.6) is 0 Å². The summed E-state index contributed by atoms with van der Waals surface area (Å²) >= 11 is 1.45. The van der Waals surface area contributed by atoms with Gasteiger partial charge in [0.15, 0.2) is 0 Å². The largest absolute Gasteiger partial charge is 0.462 e. The Morgan fingerprint density at radius 1 is 1.60 bits per heavy atom. The fourth-order valence-corrected chi connectivity index (χ4v) is 2.10. The maximum absolute atomic E-state index is 11.6. The van der Waals surface area contributed by atoms with Crippen LogP contribution >= 0.6 is 11.3 Å². The number of nitrogens with zero attached hydrogens (tertiary/aromatic N) is 1. The molecule has 0 aliphatic heterocycles. The van der Waals surface area contributed by atoms with Crippen molar-refractivity contribution in [2.24, 2.45) is 0 Å². The molecule has 2 aromatic rings. The third-order valence-corrected chi connectivity index (χ3v) is 2.73. The summed E-state index contributed by atoms with van der Waals surface area (Å²) in [4.78, 5) is 15.7. The smallest absolute Gasteiger partial charge is 0.340 e. The second-order valence-electron chi connectivity index (χ2n) is 2.99. The van der Waals surface area contributed by atoms with Gasteiger partial charge in [-0.25, -0.2) is 9.78 Å². The van der Waals surface area contributed by atoms with E-state index in [1.54, 1.807) is 24.6 Å². The minimum absolute atomic E-state index is 0.346. The molecule has 0 unspecified atom stereocenters. The highest BCUT2D eigenvalue weighted by Crippen LogP contribution is 2.25. The second kappa shape index (κ2) is 3.86. The van der Waals surface area contributed by atoms with Gasteiger partial charge in [-0.3, -0.25) is 0 Å². The number of nitrogen functional groups attached to an aromatic ring is 1. The molecule has 78 valence electrons. The van der Waals surface area contributed by atoms with Gasteiger partial charge in [0.2, 0.25) is 0 Å². The molecule has 0 aliphatic carbocycles. The van der Waals surface area contributed by atoms with Crippen LogP contribution in [0.15, 0.2) is 17.6 Å². The molecule has 0 radical (unpaired) electrons. The summed E-state index contributed by atoms with van der Waals surface area (Å²) in [6, 6.07) is 3.40. The molecule has 0 amide bonds. The Morgan fingerprint density at radius 2 is 2.40 bits per heavy atom. The number of anilines is 1. The highest BCUT2D eigenvalue weighted by Gasteiger charge is 2.13. The van der Waals surface area contributed by atoms with Crippen LogP contribution in [0.4, 0.5) is 5.69 Å². The Balaban J connectivity index is 2.57. The number of carbonyl (C=O) groups excluding carboxylic acids is 1. The van der Waals surface area contributed by atoms with Gasteiger partial charge < -0.3 is 10.5 Å². The van der Waals surface area contributed by atoms with E-state index in [1.807, 2.05) is 0 Å². The zero-order valence-corrected chi connectivity index (χ0v) is 9.00. The van der Waals surface area contributed by atoms with Crippen LogP contribution in [-0.4, -0.2) is 17.6 Å². The molecular formula is C10H10N2O2S. The van der Waals surface area contributed by atoms with Gasteiger partial charge >= 0.3 is 5.97 Å². The first-order chi connectivity index (χ1) is 7.22. The van der Waals surface area contributed by atoms with Crippen LogP contribution in [0.3, 0.4) is 0 Å². The molecule has 2 rings (SSSR count). The van der Waals surface area contributed by atoms with E-state index >= 15 is 0 Å². The SMILES string of the molecule is CCOC(=O)c1cc(N)cc2scnc12. The van der Waals surface area contributed by atoms with Crippen LogP contribution in [0.2, 0.25) is 0 Å². The number of rotatable bonds is 2. The van der Waals surface area contributed by atoms with E-state index in [4.69, 9.17) is 10.5 Å². The van der Waals surface area contributed by atoms with Crippen molar-refractivity contribution in [2.75, 3.05) is 12.3 Å². The molecule has 5 heteroatoms. The highest BCUT2D eigenvalue weighted by molar-refractivity contribution is 7.16. The minimum atomic E-state index is -0.374. The molecule has 1 heterocycles. The summed E-state index contributed by atoms with van der Waals surface area (Å²) in [5.41, 5.74) is 9.02. The lowest BCUT2D eigenvalue weighted by atomic mass is 10.2. The van der Waals surface area contributed by atoms with Crippen molar-refractivity contribution in [3.63, 3.8) is 0 Å². The maximum Gasteiger partial charge on any atom is 0.340 e. The molecule has 0 fully saturated rings. The number of benzene rings is 1. The van der Waals surface area contributed by atoms with E-state index in [-0.39, 0.29) is 5.97 Å². The van der Waals surface area contributed by atoms with Crippen molar-refractivity contribution in [2.45, 2.75) is 6.92 Å². The Morgan fingerprint density at radius 3 is 3.13 bits per heavy atom. The fraction of sp³-hybridized carbons (Fsp3) is 0.200. The summed E-state index contributed by atoms with van der Waals surface area (Å²) in [6.45, 7) is 2.11. The zero-order chi connectivity index (χ0) is 10.8. The summed E-state index contributed by atoms with van der Waals surface area (Å²) in [7, 11) is 0. The average Bonchev–Trinajstić information content (AvgIpc) is 2.64. The first-order valence-electron chi connectivity index (χ1n) is 4.52. The van der Waals surface area contributed by atoms with Crippen LogP contribution in [0, 0.1) is 0 Å². The molecule has 1 aromatic carbocycles. The van der Waals surface area contributed by atoms with Gasteiger partial charge in [0, 0.05) is 5.69 Å². The van der Waals surface area contributed by atoms with Gasteiger partial charge in [-0.1, -0.05) is 0 Å². The number of esters is 1. The predicted molar refractivity (Wildman–Crippen MR) is 60.0 cm³/mol. The summed E-state index contributed by atoms with van der Waals surface area (Å²) < 4.78 is 5.83. The third kappa shape index (κ3) is 1.78. The van der Waals surface area contributed by atoms with Crippen LogP contribution in [-0.2, 0) is 4.74 Å². The number of aromatic nitrogens is 1. The van der Waals surface area contributed by atoms with E-state index in [0.717, 1.165) is 4.70 Å². The normalized spacial score (nSPS) is 10.5. The molecule has 15 heavy (non-hydrogen) atoms. The van der Waals surface area contributed by atoms with Gasteiger partial charge in [-0.05, 0) is 19.1 Å². The van der Waals surface area contributed by atoms with Crippen LogP contribution < -0.4 is 5.73 Å². The van der Waals surface area contributed by atoms with Crippen molar-refractivity contribution >= 4 is 33.2 Å². The number of hydrogen-bond acceptors (Lipinski definition) is 5. The third-order valence-electron chi connectivity index (χ3n) is 1.95. The number of carbonyl (C=O) groups is 1. The molecular weight excluding hydrogens is 212 g/mol. The zero-order valence-electron chi connectivity index (χ0n) is 8.19. The first-order valence-corrected chi connectivity index (χ1v) is 5.40. The highest BCUT2D eigenvalue weighted by atomic mass is 32.1. The topological polar surface area (TPSA) is 65.2 Å². The molecule has 0 saturated carbocycles. The summed E-state index contributed by atoms with van der Waals surface area (Å²) in [6.07, 6.45) is 0. The Labute approximate surface area is 90.7 Å². The van der Waals surface area contributed by atoms with E-state index in [2.05, 4.69) is 4.98 Å². The van der Waals surface area contributed by atoms with Gasteiger partial charge in [0.25, 0.3) is 0 Å². The lowest BCUT2D eigenvalue weighted by Gasteiger charge is -2.03. The quantitative estimate of drug-likeness (QED) is 0.624. The lowest BCUT2D eigenvalue weighted by Crippen LogP contribution is -2.06. The number of thiazole rings is 1. The van der Waals surface area contributed by atoms with Crippen LogP contribution in [0.25, 0.3) is 10.2 Å². The van der Waals surface area contributed by atoms with E-state index in [1.165, 1.54) is 11.3 Å². The lowest BCUT2D eigenvalue weighted by molar-refractivity contribution is 0.0528. The fourth-order valence-electron chi connectivity index (χ4n) is 1.35. The van der Waals surface area contributed by atoms with E-state index in [9.17, 15) is 4.79 Å². The molecule has 0 aliphatic rings. The first kappa shape index (κ1) is 9.92. The van der Waals surface area contributed by atoms with Crippen LogP contribution in [0.1, 0.15) is 17.3 Å². The van der Waals surface area contributed by atoms with Crippen molar-refractivity contribution in [3.8, 4) is 0 Å². The Hall–Kier alpha value is -1.62. The van der Waals surface area contributed by atoms with Crippen molar-refractivity contribution in [1.29, 1.82) is 0 Å². The molecule has 0 atom stereocenters. The average molecular weight is 222 g/mol. The minimum Gasteiger partial charge on any atom is -0.462 e. The van der Waals surface area contributed by atoms with E-state index < -0.39 is 0 Å². The molecule has 0 saturated heterocycles. The second-order valence-corrected chi connectivity index (χ2v) is 3.87. The summed E-state index contributed by atoms with van der Waals surface area (Å²) in [5, 5.41) is 0. The molecule has 0 spiro atoms. The standard InChI is InChI=1S/C10H10N2O2S/c1-2-14-10(13)7-3-6(11)4-8-9(7)12-5-15-8/h3-5H,2,11H2,1H3. The number of fused-ring (bicyclic) bond motifs is 1. The molecule has 1 aromatic heterocycles. The van der Waals surface area contributed by atoms with Gasteiger partial charge in [-0.2, -0.15) is 0 Å². The Kier molecular flexibility index (Phi) is 2.55. The number of ether oxygens (including phenoxy) is 1. The monoisotopic (exact) mass is 222 g/mol. The van der Waals surface area contributed by atoms with E-state index in [0.29, 0.717) is 23.4 Å². The van der Waals surface area contributed by atoms with Crippen molar-refractivity contribution in [1.82, 2.24) is 4.98 Å².